The molecular weight excluding hydrogens is 524 g/mol. The number of halogens is 1. The van der Waals surface area contributed by atoms with E-state index < -0.39 is 32.1 Å². The highest BCUT2D eigenvalue weighted by Crippen LogP contribution is 2.27. The average Bonchev–Trinajstić information content (AvgIpc) is 2.84. The van der Waals surface area contributed by atoms with Gasteiger partial charge in [-0.15, -0.1) is 0 Å². The zero-order valence-electron chi connectivity index (χ0n) is 19.7. The van der Waals surface area contributed by atoms with Crippen molar-refractivity contribution < 1.29 is 26.4 Å². The summed E-state index contributed by atoms with van der Waals surface area (Å²) in [5.74, 6) is -0.937. The predicted octanol–water partition coefficient (Wildman–Crippen LogP) is 4.01. The third-order valence-corrected chi connectivity index (χ3v) is 8.25. The van der Waals surface area contributed by atoms with Crippen molar-refractivity contribution in [2.75, 3.05) is 7.11 Å². The summed E-state index contributed by atoms with van der Waals surface area (Å²) >= 11 is 5.99. The Morgan fingerprint density at radius 1 is 0.806 bits per heavy atom. The highest BCUT2D eigenvalue weighted by atomic mass is 35.5. The minimum absolute atomic E-state index is 0.0307. The van der Waals surface area contributed by atoms with E-state index in [2.05, 4.69) is 9.44 Å². The number of hydrogen-bond donors (Lipinski definition) is 2. The maximum atomic E-state index is 13.2. The molecule has 0 aromatic heterocycles. The molecule has 36 heavy (non-hydrogen) atoms. The van der Waals surface area contributed by atoms with Gasteiger partial charge >= 0.3 is 5.97 Å². The lowest BCUT2D eigenvalue weighted by Crippen LogP contribution is -2.33. The first kappa shape index (κ1) is 27.4. The van der Waals surface area contributed by atoms with Crippen LogP contribution in [-0.2, 0) is 29.6 Å². The average molecular weight is 549 g/mol. The van der Waals surface area contributed by atoms with E-state index >= 15 is 0 Å². The van der Waals surface area contributed by atoms with Gasteiger partial charge in [0, 0.05) is 11.2 Å². The van der Waals surface area contributed by atoms with Crippen molar-refractivity contribution in [1.82, 2.24) is 9.44 Å². The van der Waals surface area contributed by atoms with E-state index in [4.69, 9.17) is 16.3 Å². The smallest absolute Gasteiger partial charge is 0.337 e. The summed E-state index contributed by atoms with van der Waals surface area (Å²) in [7, 11) is -7.10. The number of aryl methyl sites for hydroxylation is 2. The van der Waals surface area contributed by atoms with Crippen LogP contribution in [0.1, 0.15) is 22.7 Å². The second-order valence-electron chi connectivity index (χ2n) is 7.94. The number of esters is 1. The number of benzene rings is 3. The van der Waals surface area contributed by atoms with Crippen molar-refractivity contribution in [2.24, 2.45) is 0 Å². The van der Waals surface area contributed by atoms with Gasteiger partial charge in [0.1, 0.15) is 0 Å². The van der Waals surface area contributed by atoms with Gasteiger partial charge in [0.2, 0.25) is 10.0 Å². The van der Waals surface area contributed by atoms with Crippen molar-refractivity contribution in [3.05, 3.63) is 106 Å². The van der Waals surface area contributed by atoms with Crippen LogP contribution in [0.5, 0.6) is 0 Å². The Labute approximate surface area is 216 Å². The molecule has 0 saturated heterocycles. The Balaban J connectivity index is 2.08. The molecule has 0 aliphatic rings. The normalized spacial score (nSPS) is 13.2. The highest BCUT2D eigenvalue weighted by molar-refractivity contribution is 7.89. The summed E-state index contributed by atoms with van der Waals surface area (Å²) in [5.41, 5.74) is 1.78. The fourth-order valence-electron chi connectivity index (χ4n) is 3.21. The van der Waals surface area contributed by atoms with Gasteiger partial charge in [-0.25, -0.2) is 21.6 Å². The van der Waals surface area contributed by atoms with Crippen LogP contribution >= 0.6 is 11.6 Å². The summed E-state index contributed by atoms with van der Waals surface area (Å²) in [4.78, 5) is 12.7. The summed E-state index contributed by atoms with van der Waals surface area (Å²) in [6.07, 6.45) is 0.929. The molecule has 3 aromatic rings. The predicted molar refractivity (Wildman–Crippen MR) is 137 cm³/mol. The molecule has 3 rings (SSSR count). The molecular formula is C25H25ClN2O6S2. The molecule has 190 valence electrons. The molecule has 1 atom stereocenters. The summed E-state index contributed by atoms with van der Waals surface area (Å²) in [6, 6.07) is 17.0. The monoisotopic (exact) mass is 548 g/mol. The number of rotatable bonds is 9. The topological polar surface area (TPSA) is 119 Å². The highest BCUT2D eigenvalue weighted by Gasteiger charge is 2.30. The maximum Gasteiger partial charge on any atom is 0.337 e. The Hall–Kier alpha value is -3.18. The second-order valence-corrected chi connectivity index (χ2v) is 11.8. The van der Waals surface area contributed by atoms with E-state index in [-0.39, 0.29) is 15.4 Å². The van der Waals surface area contributed by atoms with Gasteiger partial charge in [-0.1, -0.05) is 59.1 Å². The van der Waals surface area contributed by atoms with Gasteiger partial charge in [0.25, 0.3) is 10.0 Å². The van der Waals surface area contributed by atoms with Crippen LogP contribution in [-0.4, -0.2) is 29.9 Å². The quantitative estimate of drug-likeness (QED) is 0.308. The molecule has 2 N–H and O–H groups in total. The number of sulfonamides is 2. The first-order valence-electron chi connectivity index (χ1n) is 10.6. The number of hydrogen-bond acceptors (Lipinski definition) is 6. The van der Waals surface area contributed by atoms with Gasteiger partial charge in [0.05, 0.1) is 28.5 Å². The number of methoxy groups -OCH3 is 1. The van der Waals surface area contributed by atoms with E-state index in [1.807, 2.05) is 13.8 Å². The Morgan fingerprint density at radius 3 is 1.75 bits per heavy atom. The van der Waals surface area contributed by atoms with Gasteiger partial charge in [-0.05, 0) is 55.8 Å². The van der Waals surface area contributed by atoms with Crippen molar-refractivity contribution in [1.29, 1.82) is 0 Å². The molecule has 0 bridgehead atoms. The van der Waals surface area contributed by atoms with E-state index in [0.29, 0.717) is 10.6 Å². The van der Waals surface area contributed by atoms with Gasteiger partial charge in [-0.2, -0.15) is 4.72 Å². The Kier molecular flexibility index (Phi) is 8.57. The fourth-order valence-corrected chi connectivity index (χ4v) is 5.45. The van der Waals surface area contributed by atoms with Crippen LogP contribution in [0.3, 0.4) is 0 Å². The summed E-state index contributed by atoms with van der Waals surface area (Å²) in [6.45, 7) is 3.63. The first-order valence-corrected chi connectivity index (χ1v) is 14.0. The zero-order chi connectivity index (χ0) is 26.5. The maximum absolute atomic E-state index is 13.2. The van der Waals surface area contributed by atoms with Crippen LogP contribution in [0.2, 0.25) is 5.02 Å². The molecule has 11 heteroatoms. The van der Waals surface area contributed by atoms with Gasteiger partial charge in [0.15, 0.2) is 0 Å². The molecule has 0 amide bonds. The zero-order valence-corrected chi connectivity index (χ0v) is 22.1. The molecule has 0 saturated carbocycles. The summed E-state index contributed by atoms with van der Waals surface area (Å²) in [5, 5.41) is 0.391. The Morgan fingerprint density at radius 2 is 1.28 bits per heavy atom. The molecule has 0 aliphatic heterocycles. The van der Waals surface area contributed by atoms with Crippen molar-refractivity contribution in [3.8, 4) is 0 Å². The summed E-state index contributed by atoms with van der Waals surface area (Å²) < 4.78 is 61.7. The fraction of sp³-hybridized carbons (Fsp3) is 0.160. The standard InChI is InChI=1S/C25H25ClN2O6S2/c1-17-4-12-21(13-5-17)35(30,31)27-16-23(25(29)34-3)24(19-8-10-20(26)11-9-19)28-36(32,33)22-14-6-18(2)7-15-22/h4-16,24,27-28H,1-3H3/b23-16+. The van der Waals surface area contributed by atoms with Gasteiger partial charge in [-0.3, -0.25) is 4.72 Å². The molecule has 0 spiro atoms. The molecule has 0 radical (unpaired) electrons. The molecule has 8 nitrogen and oxygen atoms in total. The van der Waals surface area contributed by atoms with E-state index in [9.17, 15) is 21.6 Å². The SMILES string of the molecule is COC(=O)/C(=C/NS(=O)(=O)c1ccc(C)cc1)C(NS(=O)(=O)c1ccc(C)cc1)c1ccc(Cl)cc1. The largest absolute Gasteiger partial charge is 0.466 e. The number of carbonyl (C=O) groups excluding carboxylic acids is 1. The minimum atomic E-state index is -4.14. The van der Waals surface area contributed by atoms with Crippen molar-refractivity contribution in [3.63, 3.8) is 0 Å². The van der Waals surface area contributed by atoms with Crippen molar-refractivity contribution in [2.45, 2.75) is 29.7 Å². The molecule has 0 fully saturated rings. The third-order valence-electron chi connectivity index (χ3n) is 5.24. The molecule has 0 aliphatic carbocycles. The molecule has 1 unspecified atom stereocenters. The first-order chi connectivity index (χ1) is 16.9. The molecule has 0 heterocycles. The van der Waals surface area contributed by atoms with E-state index in [1.165, 1.54) is 48.5 Å². The third kappa shape index (κ3) is 6.73. The van der Waals surface area contributed by atoms with Crippen LogP contribution in [0.15, 0.2) is 94.4 Å². The van der Waals surface area contributed by atoms with E-state index in [1.54, 1.807) is 24.3 Å². The number of ether oxygens (including phenoxy) is 1. The van der Waals surface area contributed by atoms with Crippen LogP contribution < -0.4 is 9.44 Å². The van der Waals surface area contributed by atoms with E-state index in [0.717, 1.165) is 24.4 Å². The minimum Gasteiger partial charge on any atom is -0.466 e. The Bertz CT molecular complexity index is 1470. The lowest BCUT2D eigenvalue weighted by Gasteiger charge is -2.21. The van der Waals surface area contributed by atoms with Crippen LogP contribution in [0.4, 0.5) is 0 Å². The van der Waals surface area contributed by atoms with Gasteiger partial charge < -0.3 is 4.74 Å². The number of nitrogens with one attached hydrogen (secondary N) is 2. The van der Waals surface area contributed by atoms with Crippen LogP contribution in [0.25, 0.3) is 0 Å². The lowest BCUT2D eigenvalue weighted by atomic mass is 10.0. The second kappa shape index (κ2) is 11.3. The lowest BCUT2D eigenvalue weighted by molar-refractivity contribution is -0.136. The molecule has 3 aromatic carbocycles. The van der Waals surface area contributed by atoms with Crippen molar-refractivity contribution >= 4 is 37.6 Å². The van der Waals surface area contributed by atoms with Crippen LogP contribution in [0, 0.1) is 13.8 Å². The number of carbonyl (C=O) groups is 1.